The van der Waals surface area contributed by atoms with E-state index in [1.807, 2.05) is 0 Å². The van der Waals surface area contributed by atoms with Crippen LogP contribution in [-0.2, 0) is 4.74 Å². The van der Waals surface area contributed by atoms with Crippen molar-refractivity contribution in [3.05, 3.63) is 12.2 Å². The lowest BCUT2D eigenvalue weighted by Gasteiger charge is -2.36. The van der Waals surface area contributed by atoms with Crippen LogP contribution >= 0.6 is 0 Å². The molecular weight excluding hydrogens is 196 g/mol. The van der Waals surface area contributed by atoms with Crippen LogP contribution in [0.5, 0.6) is 0 Å². The Hall–Kier alpha value is -0.300. The van der Waals surface area contributed by atoms with Crippen molar-refractivity contribution < 1.29 is 4.74 Å². The molecule has 3 fully saturated rings. The van der Waals surface area contributed by atoms with Gasteiger partial charge in [-0.1, -0.05) is 12.2 Å². The Bertz CT molecular complexity index is 321. The molecule has 3 aliphatic carbocycles. The van der Waals surface area contributed by atoms with Crippen LogP contribution in [0.1, 0.15) is 32.6 Å². The summed E-state index contributed by atoms with van der Waals surface area (Å²) in [5, 5.41) is 0. The summed E-state index contributed by atoms with van der Waals surface area (Å²) in [6, 6.07) is 0. The average Bonchev–Trinajstić information content (AvgIpc) is 2.96. The molecular formula is C15H22O. The van der Waals surface area contributed by atoms with Gasteiger partial charge < -0.3 is 4.74 Å². The fourth-order valence-electron chi connectivity index (χ4n) is 4.92. The van der Waals surface area contributed by atoms with Gasteiger partial charge in [0.25, 0.3) is 0 Å². The first-order chi connectivity index (χ1) is 7.84. The first-order valence-electron chi connectivity index (χ1n) is 7.13. The van der Waals surface area contributed by atoms with Gasteiger partial charge in [-0.25, -0.2) is 0 Å². The number of allylic oxidation sites excluding steroid dienone is 2. The molecule has 7 unspecified atom stereocenters. The molecule has 1 saturated heterocycles. The summed E-state index contributed by atoms with van der Waals surface area (Å²) in [6.45, 7) is 3.35. The third-order valence-electron chi connectivity index (χ3n) is 5.79. The molecule has 0 aromatic rings. The van der Waals surface area contributed by atoms with Gasteiger partial charge in [0, 0.05) is 0 Å². The van der Waals surface area contributed by atoms with E-state index in [4.69, 9.17) is 4.74 Å². The first kappa shape index (κ1) is 9.70. The van der Waals surface area contributed by atoms with E-state index in [9.17, 15) is 0 Å². The molecule has 16 heavy (non-hydrogen) atoms. The van der Waals surface area contributed by atoms with Crippen molar-refractivity contribution in [2.24, 2.45) is 35.5 Å². The standard InChI is InChI=1S/C15H22O/c1-9-15-13(6-5-10-7-14(10)15)12-4-2-3-11(12)8-16-9/h2,4,9-15H,3,5-8H2,1H3. The molecule has 88 valence electrons. The van der Waals surface area contributed by atoms with Crippen molar-refractivity contribution in [3.8, 4) is 0 Å². The van der Waals surface area contributed by atoms with E-state index in [0.717, 1.165) is 42.1 Å². The third-order valence-corrected chi connectivity index (χ3v) is 5.79. The molecule has 4 aliphatic rings. The minimum Gasteiger partial charge on any atom is -0.378 e. The summed E-state index contributed by atoms with van der Waals surface area (Å²) in [7, 11) is 0. The summed E-state index contributed by atoms with van der Waals surface area (Å²) in [4.78, 5) is 0. The second kappa shape index (κ2) is 3.35. The van der Waals surface area contributed by atoms with Crippen LogP contribution in [0.3, 0.4) is 0 Å². The largest absolute Gasteiger partial charge is 0.378 e. The maximum atomic E-state index is 6.14. The highest BCUT2D eigenvalue weighted by molar-refractivity contribution is 5.11. The lowest BCUT2D eigenvalue weighted by atomic mass is 9.68. The monoisotopic (exact) mass is 218 g/mol. The molecule has 0 spiro atoms. The van der Waals surface area contributed by atoms with Gasteiger partial charge in [-0.2, -0.15) is 0 Å². The van der Waals surface area contributed by atoms with Crippen LogP contribution in [0, 0.1) is 35.5 Å². The van der Waals surface area contributed by atoms with Gasteiger partial charge in [-0.3, -0.25) is 0 Å². The predicted molar refractivity (Wildman–Crippen MR) is 64.0 cm³/mol. The maximum Gasteiger partial charge on any atom is 0.0580 e. The molecule has 0 N–H and O–H groups in total. The Morgan fingerprint density at radius 2 is 2.06 bits per heavy atom. The zero-order valence-corrected chi connectivity index (χ0v) is 10.1. The van der Waals surface area contributed by atoms with E-state index in [2.05, 4.69) is 19.1 Å². The molecule has 0 aromatic carbocycles. The summed E-state index contributed by atoms with van der Waals surface area (Å²) < 4.78 is 6.14. The highest BCUT2D eigenvalue weighted by atomic mass is 16.5. The van der Waals surface area contributed by atoms with Crippen molar-refractivity contribution in [1.82, 2.24) is 0 Å². The van der Waals surface area contributed by atoms with Crippen LogP contribution < -0.4 is 0 Å². The third kappa shape index (κ3) is 1.27. The minimum absolute atomic E-state index is 0.527. The number of hydrogen-bond acceptors (Lipinski definition) is 1. The lowest BCUT2D eigenvalue weighted by Crippen LogP contribution is -2.34. The van der Waals surface area contributed by atoms with Gasteiger partial charge in [0.15, 0.2) is 0 Å². The average molecular weight is 218 g/mol. The number of hydrogen-bond donors (Lipinski definition) is 0. The van der Waals surface area contributed by atoms with Crippen LogP contribution in [0.2, 0.25) is 0 Å². The van der Waals surface area contributed by atoms with Crippen LogP contribution in [0.15, 0.2) is 12.2 Å². The van der Waals surface area contributed by atoms with Crippen molar-refractivity contribution >= 4 is 0 Å². The van der Waals surface area contributed by atoms with E-state index < -0.39 is 0 Å². The molecule has 4 rings (SSSR count). The quantitative estimate of drug-likeness (QED) is 0.567. The first-order valence-corrected chi connectivity index (χ1v) is 7.13. The van der Waals surface area contributed by atoms with Crippen molar-refractivity contribution in [1.29, 1.82) is 0 Å². The van der Waals surface area contributed by atoms with E-state index in [1.54, 1.807) is 0 Å². The number of rotatable bonds is 0. The minimum atomic E-state index is 0.527. The molecule has 1 heteroatoms. The van der Waals surface area contributed by atoms with Gasteiger partial charge in [0.1, 0.15) is 0 Å². The summed E-state index contributed by atoms with van der Waals surface area (Å²) >= 11 is 0. The van der Waals surface area contributed by atoms with Crippen LogP contribution in [0.25, 0.3) is 0 Å². The molecule has 0 radical (unpaired) electrons. The molecule has 1 heterocycles. The Morgan fingerprint density at radius 1 is 1.12 bits per heavy atom. The molecule has 7 atom stereocenters. The molecule has 2 saturated carbocycles. The van der Waals surface area contributed by atoms with Gasteiger partial charge in [0.2, 0.25) is 0 Å². The van der Waals surface area contributed by atoms with Gasteiger partial charge in [0.05, 0.1) is 12.7 Å². The van der Waals surface area contributed by atoms with Gasteiger partial charge in [-0.05, 0) is 68.1 Å². The zero-order valence-electron chi connectivity index (χ0n) is 10.1. The predicted octanol–water partition coefficient (Wildman–Crippen LogP) is 3.26. The topological polar surface area (TPSA) is 9.23 Å². The van der Waals surface area contributed by atoms with Crippen molar-refractivity contribution in [3.63, 3.8) is 0 Å². The normalized spacial score (nSPS) is 58.4. The number of ether oxygens (including phenoxy) is 1. The highest BCUT2D eigenvalue weighted by Gasteiger charge is 2.54. The summed E-state index contributed by atoms with van der Waals surface area (Å²) in [5.41, 5.74) is 0. The smallest absolute Gasteiger partial charge is 0.0580 e. The summed E-state index contributed by atoms with van der Waals surface area (Å²) in [6.07, 6.45) is 11.2. The van der Waals surface area contributed by atoms with Crippen LogP contribution in [-0.4, -0.2) is 12.7 Å². The second-order valence-electron chi connectivity index (χ2n) is 6.52. The number of fused-ring (bicyclic) bond motifs is 5. The Labute approximate surface area is 98.2 Å². The van der Waals surface area contributed by atoms with Crippen molar-refractivity contribution in [2.75, 3.05) is 6.61 Å². The van der Waals surface area contributed by atoms with Crippen LogP contribution in [0.4, 0.5) is 0 Å². The Morgan fingerprint density at radius 3 is 3.00 bits per heavy atom. The molecule has 1 aliphatic heterocycles. The van der Waals surface area contributed by atoms with Gasteiger partial charge >= 0.3 is 0 Å². The maximum absolute atomic E-state index is 6.14. The van der Waals surface area contributed by atoms with E-state index in [-0.39, 0.29) is 0 Å². The molecule has 0 amide bonds. The lowest BCUT2D eigenvalue weighted by molar-refractivity contribution is 0.00181. The van der Waals surface area contributed by atoms with E-state index in [1.165, 1.54) is 25.7 Å². The fourth-order valence-corrected chi connectivity index (χ4v) is 4.92. The second-order valence-corrected chi connectivity index (χ2v) is 6.52. The molecule has 1 nitrogen and oxygen atoms in total. The van der Waals surface area contributed by atoms with Gasteiger partial charge in [-0.15, -0.1) is 0 Å². The summed E-state index contributed by atoms with van der Waals surface area (Å²) in [5.74, 6) is 5.61. The zero-order chi connectivity index (χ0) is 10.7. The Balaban J connectivity index is 1.67. The SMILES string of the molecule is CC1OCC2CC=CC2C2CCC3CC3C12. The molecule has 0 aromatic heterocycles. The molecule has 0 bridgehead atoms. The fraction of sp³-hybridized carbons (Fsp3) is 0.867. The van der Waals surface area contributed by atoms with E-state index >= 15 is 0 Å². The Kier molecular flexibility index (Phi) is 2.03. The highest BCUT2D eigenvalue weighted by Crippen LogP contribution is 2.60. The van der Waals surface area contributed by atoms with E-state index in [0.29, 0.717) is 6.10 Å². The van der Waals surface area contributed by atoms with Crippen molar-refractivity contribution in [2.45, 2.75) is 38.7 Å².